The molecule has 2 heterocycles. The Bertz CT molecular complexity index is 2860. The van der Waals surface area contributed by atoms with Crippen molar-refractivity contribution in [2.24, 2.45) is 0 Å². The average molecular weight is 764 g/mol. The van der Waals surface area contributed by atoms with Crippen LogP contribution in [0.15, 0.2) is 194 Å². The number of fused-ring (bicyclic) bond motifs is 3. The number of hydrogen-bond donors (Lipinski definition) is 0. The van der Waals surface area contributed by atoms with E-state index in [1.165, 1.54) is 12.1 Å². The minimum atomic E-state index is -0.651. The highest BCUT2D eigenvalue weighted by atomic mass is 19.1. The molecule has 8 aromatic carbocycles. The Kier molecular flexibility index (Phi) is 8.99. The predicted octanol–water partition coefficient (Wildman–Crippen LogP) is 14.0. The third-order valence-electron chi connectivity index (χ3n) is 11.1. The molecule has 0 spiro atoms. The van der Waals surface area contributed by atoms with E-state index in [-0.39, 0.29) is 5.82 Å². The Hall–Kier alpha value is -7.50. The van der Waals surface area contributed by atoms with Gasteiger partial charge in [-0.1, -0.05) is 170 Å². The van der Waals surface area contributed by atoms with E-state index in [4.69, 9.17) is 19.7 Å². The molecule has 4 nitrogen and oxygen atoms in total. The molecule has 1 aliphatic rings. The van der Waals surface area contributed by atoms with E-state index in [0.29, 0.717) is 17.5 Å². The molecular weight excluding hydrogens is 726 g/mol. The Morgan fingerprint density at radius 1 is 0.356 bits per heavy atom. The molecular formula is C54H38FN3O. The third kappa shape index (κ3) is 6.87. The van der Waals surface area contributed by atoms with Crippen molar-refractivity contribution in [2.75, 3.05) is 0 Å². The summed E-state index contributed by atoms with van der Waals surface area (Å²) < 4.78 is 21.0. The van der Waals surface area contributed by atoms with Crippen molar-refractivity contribution in [3.8, 4) is 95.5 Å². The minimum Gasteiger partial charge on any atom is -0.482 e. The van der Waals surface area contributed by atoms with Gasteiger partial charge in [0.05, 0.1) is 0 Å². The summed E-state index contributed by atoms with van der Waals surface area (Å²) >= 11 is 0. The Balaban J connectivity index is 1.16. The highest BCUT2D eigenvalue weighted by molar-refractivity contribution is 5.92. The predicted molar refractivity (Wildman–Crippen MR) is 237 cm³/mol. The number of hydrogen-bond acceptors (Lipinski definition) is 4. The summed E-state index contributed by atoms with van der Waals surface area (Å²) in [5.41, 5.74) is 13.5. The maximum absolute atomic E-state index is 14.3. The van der Waals surface area contributed by atoms with Crippen LogP contribution >= 0.6 is 0 Å². The minimum absolute atomic E-state index is 0.283. The number of aromatic nitrogens is 3. The van der Waals surface area contributed by atoms with Crippen LogP contribution in [0, 0.1) is 5.82 Å². The fraction of sp³-hybridized carbons (Fsp3) is 0.0556. The van der Waals surface area contributed by atoms with E-state index < -0.39 is 5.60 Å². The summed E-state index contributed by atoms with van der Waals surface area (Å²) in [4.78, 5) is 15.4. The highest BCUT2D eigenvalue weighted by Gasteiger charge is 2.35. The molecule has 0 aliphatic carbocycles. The van der Waals surface area contributed by atoms with Gasteiger partial charge in [0.1, 0.15) is 17.2 Å². The van der Waals surface area contributed by atoms with Gasteiger partial charge in [-0.15, -0.1) is 0 Å². The lowest BCUT2D eigenvalue weighted by molar-refractivity contribution is 0.106. The fourth-order valence-electron chi connectivity index (χ4n) is 8.19. The zero-order valence-electron chi connectivity index (χ0n) is 32.6. The monoisotopic (exact) mass is 763 g/mol. The summed E-state index contributed by atoms with van der Waals surface area (Å²) in [6.45, 7) is 4.23. The van der Waals surface area contributed by atoms with Crippen LogP contribution < -0.4 is 4.74 Å². The van der Waals surface area contributed by atoms with Gasteiger partial charge in [-0.3, -0.25) is 0 Å². The van der Waals surface area contributed by atoms with Gasteiger partial charge in [0.25, 0.3) is 0 Å². The molecule has 1 aromatic heterocycles. The van der Waals surface area contributed by atoms with Gasteiger partial charge < -0.3 is 4.74 Å². The third-order valence-corrected chi connectivity index (χ3v) is 11.1. The Morgan fingerprint density at radius 3 is 1.36 bits per heavy atom. The molecule has 0 radical (unpaired) electrons. The first-order valence-corrected chi connectivity index (χ1v) is 19.8. The van der Waals surface area contributed by atoms with E-state index in [1.54, 1.807) is 0 Å². The number of rotatable bonds is 7. The normalized spacial score (nSPS) is 12.6. The molecule has 282 valence electrons. The molecule has 5 heteroatoms. The van der Waals surface area contributed by atoms with E-state index in [9.17, 15) is 4.39 Å². The maximum atomic E-state index is 14.3. The van der Waals surface area contributed by atoms with Crippen molar-refractivity contribution >= 4 is 0 Å². The molecule has 0 amide bonds. The highest BCUT2D eigenvalue weighted by Crippen LogP contribution is 2.50. The fourth-order valence-corrected chi connectivity index (χ4v) is 8.19. The summed E-state index contributed by atoms with van der Waals surface area (Å²) in [5.74, 6) is 2.26. The first kappa shape index (κ1) is 35.9. The quantitative estimate of drug-likeness (QED) is 0.162. The van der Waals surface area contributed by atoms with E-state index in [0.717, 1.165) is 83.6 Å². The second-order valence-electron chi connectivity index (χ2n) is 15.3. The largest absolute Gasteiger partial charge is 0.482 e. The van der Waals surface area contributed by atoms with Gasteiger partial charge in [0, 0.05) is 27.8 Å². The lowest BCUT2D eigenvalue weighted by atomic mass is 9.79. The van der Waals surface area contributed by atoms with E-state index >= 15 is 0 Å². The molecule has 9 aromatic rings. The van der Waals surface area contributed by atoms with Crippen molar-refractivity contribution in [3.05, 3.63) is 206 Å². The van der Waals surface area contributed by atoms with Crippen molar-refractivity contribution in [2.45, 2.75) is 19.4 Å². The number of ether oxygens (including phenoxy) is 1. The Labute approximate surface area is 343 Å². The first-order valence-electron chi connectivity index (χ1n) is 19.8. The van der Waals surface area contributed by atoms with Crippen molar-refractivity contribution in [1.82, 2.24) is 15.0 Å². The Morgan fingerprint density at radius 2 is 0.780 bits per heavy atom. The van der Waals surface area contributed by atoms with E-state index in [2.05, 4.69) is 129 Å². The smallest absolute Gasteiger partial charge is 0.164 e. The van der Waals surface area contributed by atoms with Crippen LogP contribution in [-0.4, -0.2) is 15.0 Å². The van der Waals surface area contributed by atoms with Crippen LogP contribution in [0.25, 0.3) is 89.8 Å². The molecule has 59 heavy (non-hydrogen) atoms. The van der Waals surface area contributed by atoms with Crippen LogP contribution in [0.3, 0.4) is 0 Å². The van der Waals surface area contributed by atoms with Crippen molar-refractivity contribution < 1.29 is 9.13 Å². The van der Waals surface area contributed by atoms with E-state index in [1.807, 2.05) is 66.7 Å². The standard InChI is InChI=1S/C54H38FN3O/c1-54(2)50-46(45-16-9-10-19-49(45)59-54)17-11-18-47(50)48-34-42(30-33-44(48)39-28-31-43(55)32-29-39)53-57-51(40-24-20-37(21-25-40)35-12-5-3-6-13-35)56-52(58-53)41-26-22-38(23-27-41)36-14-7-4-8-15-36/h3-34H,1-2H3. The molecule has 10 rings (SSSR count). The molecule has 0 fully saturated rings. The number of para-hydroxylation sites is 1. The lowest BCUT2D eigenvalue weighted by Gasteiger charge is -2.37. The molecule has 0 unspecified atom stereocenters. The maximum Gasteiger partial charge on any atom is 0.164 e. The second kappa shape index (κ2) is 14.8. The number of halogens is 1. The zero-order chi connectivity index (χ0) is 39.9. The van der Waals surface area contributed by atoms with Gasteiger partial charge in [0.2, 0.25) is 0 Å². The van der Waals surface area contributed by atoms with Crippen molar-refractivity contribution in [1.29, 1.82) is 0 Å². The zero-order valence-corrected chi connectivity index (χ0v) is 32.6. The number of nitrogens with zero attached hydrogens (tertiary/aromatic N) is 3. The van der Waals surface area contributed by atoms with Crippen LogP contribution in [-0.2, 0) is 5.60 Å². The van der Waals surface area contributed by atoms with Gasteiger partial charge in [-0.05, 0) is 88.2 Å². The molecule has 0 N–H and O–H groups in total. The summed E-state index contributed by atoms with van der Waals surface area (Å²) in [7, 11) is 0. The lowest BCUT2D eigenvalue weighted by Crippen LogP contribution is -2.30. The van der Waals surface area contributed by atoms with Crippen molar-refractivity contribution in [3.63, 3.8) is 0 Å². The SMILES string of the molecule is CC1(C)Oc2ccccc2-c2cccc(-c3cc(-c4nc(-c5ccc(-c6ccccc6)cc5)nc(-c5ccc(-c6ccccc6)cc5)n4)ccc3-c3ccc(F)cc3)c21. The summed E-state index contributed by atoms with van der Waals surface area (Å²) in [5, 5.41) is 0. The topological polar surface area (TPSA) is 47.9 Å². The summed E-state index contributed by atoms with van der Waals surface area (Å²) in [6.07, 6.45) is 0. The van der Waals surface area contributed by atoms with Gasteiger partial charge in [-0.2, -0.15) is 0 Å². The average Bonchev–Trinajstić information content (AvgIpc) is 3.29. The van der Waals surface area contributed by atoms with Crippen LogP contribution in [0.1, 0.15) is 19.4 Å². The number of benzene rings is 8. The van der Waals surface area contributed by atoms with Crippen LogP contribution in [0.5, 0.6) is 5.75 Å². The van der Waals surface area contributed by atoms with Gasteiger partial charge >= 0.3 is 0 Å². The second-order valence-corrected chi connectivity index (χ2v) is 15.3. The first-order chi connectivity index (χ1) is 28.9. The summed E-state index contributed by atoms with van der Waals surface area (Å²) in [6, 6.07) is 65.0. The van der Waals surface area contributed by atoms with Gasteiger partial charge in [0.15, 0.2) is 17.5 Å². The molecule has 1 aliphatic heterocycles. The molecule has 0 saturated heterocycles. The molecule has 0 saturated carbocycles. The van der Waals surface area contributed by atoms with Crippen LogP contribution in [0.4, 0.5) is 4.39 Å². The van der Waals surface area contributed by atoms with Crippen LogP contribution in [0.2, 0.25) is 0 Å². The van der Waals surface area contributed by atoms with Gasteiger partial charge in [-0.25, -0.2) is 19.3 Å². The molecule has 0 bridgehead atoms. The molecule has 0 atom stereocenters.